The molecule has 7 heterocycles. The highest BCUT2D eigenvalue weighted by molar-refractivity contribution is 8.00. The van der Waals surface area contributed by atoms with Gasteiger partial charge in [0, 0.05) is 36.8 Å². The van der Waals surface area contributed by atoms with E-state index in [1.807, 2.05) is 11.8 Å². The summed E-state index contributed by atoms with van der Waals surface area (Å²) >= 11 is 1.86. The van der Waals surface area contributed by atoms with E-state index in [1.165, 1.54) is 10.9 Å². The van der Waals surface area contributed by atoms with Crippen LogP contribution in [-0.2, 0) is 69.3 Å². The Morgan fingerprint density at radius 2 is 1.46 bits per heavy atom. The second-order valence-electron chi connectivity index (χ2n) is 18.3. The molecular weight excluding hydrogens is 1160 g/mol. The standard InChI is InChI=1S/C41H66N11O24P3S/c42-28-6-8-51(41(59)49-28)39-34(57)35(26(74-39)19-72-79(64,65)76-78(62,63)71-18-25-32(55)33(56)38(73-25)52-22-47-31-36(43)45-21-46-37(31)52)75-77(60,61)70-17-23(53)16-69-15-14-68-13-12-67-11-10-66-9-3-7-44-29(54)5-2-1-4-27-30-24(20-80-27)48-40(58)50-30/h6,8,21-27,30,32-35,38-39,53,55-57H,1-5,7,9-20H2,(H,44,54)(H,60,61)(H,62,63)(H,64,65)(H2,42,49,59)(H2,43,45,46)(H2,48,50,58)/t23?,24?,25-,26+,27?,30?,32-,33-,34+,35+,38-,39+/m0/s1. The summed E-state index contributed by atoms with van der Waals surface area (Å²) in [7, 11) is -16.6. The van der Waals surface area contributed by atoms with Crippen LogP contribution in [0.4, 0.5) is 16.4 Å². The lowest BCUT2D eigenvalue weighted by Crippen LogP contribution is -2.38. The van der Waals surface area contributed by atoms with Crippen LogP contribution in [0.25, 0.3) is 11.2 Å². The molecule has 4 fully saturated rings. The van der Waals surface area contributed by atoms with Crippen LogP contribution in [0.1, 0.15) is 44.6 Å². The fourth-order valence-corrected chi connectivity index (χ4v) is 13.2. The number of urea groups is 1. The second kappa shape index (κ2) is 29.6. The number of amides is 3. The molecule has 0 bridgehead atoms. The van der Waals surface area contributed by atoms with Crippen molar-refractivity contribution in [2.45, 2.75) is 105 Å². The number of hydrogen-bond acceptors (Lipinski definition) is 28. The van der Waals surface area contributed by atoms with E-state index in [0.717, 1.165) is 43.6 Å². The molecule has 0 aromatic carbocycles. The molecule has 0 radical (unpaired) electrons. The van der Waals surface area contributed by atoms with Crippen molar-refractivity contribution >= 4 is 70.0 Å². The first kappa shape index (κ1) is 63.7. The quantitative estimate of drug-likeness (QED) is 0.0165. The average Bonchev–Trinajstić information content (AvgIpc) is 4.36. The number of nitrogen functional groups attached to an aromatic ring is 2. The minimum absolute atomic E-state index is 0.00348. The minimum Gasteiger partial charge on any atom is -0.388 e. The molecule has 7 rings (SSSR count). The van der Waals surface area contributed by atoms with Gasteiger partial charge in [-0.1, -0.05) is 6.42 Å². The van der Waals surface area contributed by atoms with Gasteiger partial charge >= 0.3 is 35.2 Å². The number of fused-ring (bicyclic) bond motifs is 2. The van der Waals surface area contributed by atoms with Crippen molar-refractivity contribution in [3.63, 3.8) is 0 Å². The van der Waals surface area contributed by atoms with Crippen molar-refractivity contribution in [3.05, 3.63) is 35.4 Å². The number of aliphatic hydroxyl groups excluding tert-OH is 4. The Morgan fingerprint density at radius 3 is 2.17 bits per heavy atom. The van der Waals surface area contributed by atoms with Gasteiger partial charge in [0.05, 0.1) is 84.5 Å². The third-order valence-electron chi connectivity index (χ3n) is 12.4. The average molecular weight is 1220 g/mol. The van der Waals surface area contributed by atoms with Gasteiger partial charge in [0.2, 0.25) is 5.91 Å². The number of aromatic nitrogens is 6. The number of nitrogens with two attached hydrogens (primary N) is 2. The van der Waals surface area contributed by atoms with Crippen LogP contribution in [0.5, 0.6) is 0 Å². The van der Waals surface area contributed by atoms with Gasteiger partial charge in [0.25, 0.3) is 0 Å². The highest BCUT2D eigenvalue weighted by Gasteiger charge is 2.51. The van der Waals surface area contributed by atoms with Crippen LogP contribution < -0.4 is 33.1 Å². The maximum absolute atomic E-state index is 13.1. The molecule has 450 valence electrons. The van der Waals surface area contributed by atoms with Crippen molar-refractivity contribution < 1.29 is 109 Å². The molecule has 4 aliphatic rings. The predicted molar refractivity (Wildman–Crippen MR) is 273 cm³/mol. The van der Waals surface area contributed by atoms with Crippen LogP contribution >= 0.6 is 35.2 Å². The first-order chi connectivity index (χ1) is 38.1. The third kappa shape index (κ3) is 18.3. The summed E-state index contributed by atoms with van der Waals surface area (Å²) < 4.78 is 97.8. The summed E-state index contributed by atoms with van der Waals surface area (Å²) in [6.45, 7) is -1.37. The topological polar surface area (TPSA) is 495 Å². The lowest BCUT2D eigenvalue weighted by Gasteiger charge is -2.24. The van der Waals surface area contributed by atoms with Crippen LogP contribution in [0.3, 0.4) is 0 Å². The van der Waals surface area contributed by atoms with E-state index in [0.29, 0.717) is 49.0 Å². The summed E-state index contributed by atoms with van der Waals surface area (Å²) in [4.78, 5) is 83.1. The van der Waals surface area contributed by atoms with E-state index in [2.05, 4.69) is 40.2 Å². The number of hydrogen-bond donors (Lipinski definition) is 12. The number of phosphoric ester groups is 3. The molecule has 4 aliphatic heterocycles. The molecule has 0 aliphatic carbocycles. The minimum atomic E-state index is -5.70. The number of nitrogens with zero attached hydrogens (tertiary/aromatic N) is 6. The highest BCUT2D eigenvalue weighted by atomic mass is 32.2. The Kier molecular flexibility index (Phi) is 23.5. The smallest absolute Gasteiger partial charge is 0.388 e. The molecule has 3 aromatic rings. The summed E-state index contributed by atoms with van der Waals surface area (Å²) in [5, 5.41) is 52.0. The fourth-order valence-electron chi connectivity index (χ4n) is 8.56. The Labute approximate surface area is 459 Å². The zero-order valence-electron chi connectivity index (χ0n) is 42.6. The number of phosphoric acid groups is 3. The van der Waals surface area contributed by atoms with Gasteiger partial charge in [-0.2, -0.15) is 21.1 Å². The van der Waals surface area contributed by atoms with E-state index in [1.54, 1.807) is 0 Å². The number of aliphatic hydroxyl groups is 4. The molecule has 80 heavy (non-hydrogen) atoms. The van der Waals surface area contributed by atoms with Crippen LogP contribution in [-0.4, -0.2) is 221 Å². The number of anilines is 2. The van der Waals surface area contributed by atoms with Crippen LogP contribution in [0.2, 0.25) is 0 Å². The molecule has 39 heteroatoms. The van der Waals surface area contributed by atoms with Crippen molar-refractivity contribution in [1.82, 2.24) is 45.0 Å². The van der Waals surface area contributed by atoms with E-state index >= 15 is 0 Å². The van der Waals surface area contributed by atoms with Crippen molar-refractivity contribution in [2.24, 2.45) is 0 Å². The highest BCUT2D eigenvalue weighted by Crippen LogP contribution is 2.61. The number of rotatable bonds is 35. The summed E-state index contributed by atoms with van der Waals surface area (Å²) in [6.07, 6.45) is -8.54. The van der Waals surface area contributed by atoms with Crippen LogP contribution in [0.15, 0.2) is 29.7 Å². The van der Waals surface area contributed by atoms with Crippen molar-refractivity contribution in [1.29, 1.82) is 0 Å². The monoisotopic (exact) mass is 1220 g/mol. The summed E-state index contributed by atoms with van der Waals surface area (Å²) in [5.41, 5.74) is 10.5. The normalized spacial score (nSPS) is 28.2. The van der Waals surface area contributed by atoms with Gasteiger partial charge in [-0.25, -0.2) is 38.2 Å². The molecule has 35 nitrogen and oxygen atoms in total. The maximum Gasteiger partial charge on any atom is 0.481 e. The number of ether oxygens (including phenoxy) is 6. The number of unbranched alkanes of at least 4 members (excludes halogenated alkanes) is 1. The Balaban J connectivity index is 0.750. The Bertz CT molecular complexity index is 2720. The first-order valence-corrected chi connectivity index (χ1v) is 30.5. The van der Waals surface area contributed by atoms with Gasteiger partial charge in [-0.3, -0.25) is 32.0 Å². The molecule has 14 N–H and O–H groups in total. The zero-order valence-corrected chi connectivity index (χ0v) is 46.1. The number of carbonyl (C=O) groups is 2. The molecule has 0 saturated carbocycles. The van der Waals surface area contributed by atoms with Crippen molar-refractivity contribution in [3.8, 4) is 0 Å². The Hall–Kier alpha value is -3.91. The largest absolute Gasteiger partial charge is 0.481 e. The third-order valence-corrected chi connectivity index (χ3v) is 17.5. The molecule has 0 spiro atoms. The van der Waals surface area contributed by atoms with Gasteiger partial charge in [0.15, 0.2) is 23.9 Å². The summed E-state index contributed by atoms with van der Waals surface area (Å²) in [6, 6.07) is 1.38. The van der Waals surface area contributed by atoms with E-state index in [9.17, 15) is 63.2 Å². The maximum atomic E-state index is 13.1. The van der Waals surface area contributed by atoms with Gasteiger partial charge in [0.1, 0.15) is 60.4 Å². The molecule has 4 saturated heterocycles. The Morgan fingerprint density at radius 1 is 0.800 bits per heavy atom. The summed E-state index contributed by atoms with van der Waals surface area (Å²) in [5.74, 6) is 0.677. The number of thioether (sulfide) groups is 1. The molecule has 3 amide bonds. The SMILES string of the molecule is Nc1ccn([C@@H]2O[C@H](COP(=O)(O)OP(=O)(O)OC[C@@H]3O[C@H](n4cnc5c(N)ncnc54)[C@@H](O)[C@H]3O)[C@@H](OP(=O)(O)OCC(O)COCCOCCOCCOCCCNC(=O)CCCCC3SCC4NC(=O)NC43)[C@H]2O)c(=O)n1. The lowest BCUT2D eigenvalue weighted by molar-refractivity contribution is -0.121. The lowest BCUT2D eigenvalue weighted by atomic mass is 10.0. The predicted octanol–water partition coefficient (Wildman–Crippen LogP) is -2.46. The zero-order chi connectivity index (χ0) is 57.6. The van der Waals surface area contributed by atoms with Gasteiger partial charge < -0.3 is 90.9 Å². The first-order valence-electron chi connectivity index (χ1n) is 25.0. The number of imidazole rings is 1. The molecule has 7 unspecified atom stereocenters. The van der Waals surface area contributed by atoms with Crippen LogP contribution in [0, 0.1) is 0 Å². The molecule has 15 atom stereocenters. The molecular formula is C41H66N11O24P3S. The van der Waals surface area contributed by atoms with E-state index in [4.69, 9.17) is 58.0 Å². The van der Waals surface area contributed by atoms with Crippen molar-refractivity contribution in [2.75, 3.05) is 96.4 Å². The number of carbonyl (C=O) groups excluding carboxylic acids is 2. The van der Waals surface area contributed by atoms with Gasteiger partial charge in [-0.15, -0.1) is 0 Å². The molecule has 3 aromatic heterocycles. The fraction of sp³-hybridized carbons (Fsp3) is 0.732. The number of nitrogens with one attached hydrogen (secondary N) is 3. The van der Waals surface area contributed by atoms with E-state index < -0.39 is 111 Å². The van der Waals surface area contributed by atoms with Gasteiger partial charge in [-0.05, 0) is 25.3 Å². The van der Waals surface area contributed by atoms with E-state index in [-0.39, 0.29) is 73.2 Å². The second-order valence-corrected chi connectivity index (χ2v) is 24.0.